The quantitative estimate of drug-likeness (QED) is 0.714. The smallest absolute Gasteiger partial charge is 0.410 e. The molecule has 29 heavy (non-hydrogen) atoms. The Kier molecular flexibility index (Phi) is 7.39. The molecule has 0 spiro atoms. The van der Waals surface area contributed by atoms with Gasteiger partial charge in [-0.1, -0.05) is 46.8 Å². The Hall–Kier alpha value is -2.24. The summed E-state index contributed by atoms with van der Waals surface area (Å²) in [6.07, 6.45) is -0.543. The number of nitrogens with two attached hydrogens (primary N) is 1. The van der Waals surface area contributed by atoms with Gasteiger partial charge in [0.15, 0.2) is 0 Å². The van der Waals surface area contributed by atoms with Crippen molar-refractivity contribution in [3.63, 3.8) is 0 Å². The molecule has 6 heteroatoms. The lowest BCUT2D eigenvalue weighted by Gasteiger charge is -2.41. The molecule has 0 aliphatic heterocycles. The molecule has 0 radical (unpaired) electrons. The Bertz CT molecular complexity index is 730. The highest BCUT2D eigenvalue weighted by Gasteiger charge is 2.43. The number of nitrogen functional groups attached to an aromatic ring is 1. The molecule has 0 bridgehead atoms. The number of anilines is 1. The zero-order valence-electron chi connectivity index (χ0n) is 19.7. The van der Waals surface area contributed by atoms with Crippen LogP contribution in [0.15, 0.2) is 24.3 Å². The summed E-state index contributed by atoms with van der Waals surface area (Å²) in [4.78, 5) is 27.6. The van der Waals surface area contributed by atoms with Crippen LogP contribution in [0.1, 0.15) is 67.9 Å². The van der Waals surface area contributed by atoms with Gasteiger partial charge in [0, 0.05) is 24.2 Å². The standard InChI is InChI=1S/C23H39N3O3/c1-15(21(2,3)4)25-19(27)18(26(10)20(28)29-22(5,6)7)23(8,9)16-12-11-13-17(24)14-16/h11-15,18H,24H2,1-10H3,(H,25,27). The topological polar surface area (TPSA) is 84.7 Å². The number of rotatable bonds is 5. The van der Waals surface area contributed by atoms with E-state index in [0.29, 0.717) is 5.69 Å². The first-order valence-electron chi connectivity index (χ1n) is 10.1. The molecule has 0 aromatic heterocycles. The highest BCUT2D eigenvalue weighted by Crippen LogP contribution is 2.32. The molecule has 1 aromatic carbocycles. The van der Waals surface area contributed by atoms with Gasteiger partial charge >= 0.3 is 6.09 Å². The fourth-order valence-corrected chi connectivity index (χ4v) is 3.03. The van der Waals surface area contributed by atoms with Crippen molar-refractivity contribution in [1.82, 2.24) is 10.2 Å². The number of ether oxygens (including phenoxy) is 1. The van der Waals surface area contributed by atoms with Gasteiger partial charge in [0.25, 0.3) is 0 Å². The first kappa shape index (κ1) is 24.8. The summed E-state index contributed by atoms with van der Waals surface area (Å²) in [6.45, 7) is 17.4. The number of nitrogens with zero attached hydrogens (tertiary/aromatic N) is 1. The summed E-state index contributed by atoms with van der Waals surface area (Å²) >= 11 is 0. The predicted molar refractivity (Wildman–Crippen MR) is 119 cm³/mol. The Morgan fingerprint density at radius 3 is 2.07 bits per heavy atom. The van der Waals surface area contributed by atoms with Gasteiger partial charge in [-0.3, -0.25) is 9.69 Å². The molecule has 0 saturated carbocycles. The summed E-state index contributed by atoms with van der Waals surface area (Å²) in [7, 11) is 1.61. The average Bonchev–Trinajstić information content (AvgIpc) is 2.52. The van der Waals surface area contributed by atoms with Crippen LogP contribution < -0.4 is 11.1 Å². The minimum atomic E-state index is -0.788. The normalized spacial score (nSPS) is 14.7. The van der Waals surface area contributed by atoms with Gasteiger partial charge in [-0.15, -0.1) is 0 Å². The van der Waals surface area contributed by atoms with Gasteiger partial charge in [0.05, 0.1) is 0 Å². The number of hydrogen-bond acceptors (Lipinski definition) is 4. The molecule has 0 fully saturated rings. The first-order valence-corrected chi connectivity index (χ1v) is 10.1. The van der Waals surface area contributed by atoms with E-state index >= 15 is 0 Å². The summed E-state index contributed by atoms with van der Waals surface area (Å²) in [5, 5.41) is 3.09. The molecule has 0 heterocycles. The van der Waals surface area contributed by atoms with Crippen LogP contribution in [0.5, 0.6) is 0 Å². The zero-order chi connectivity index (χ0) is 22.8. The van der Waals surface area contributed by atoms with E-state index < -0.39 is 23.2 Å². The molecule has 2 atom stereocenters. The van der Waals surface area contributed by atoms with E-state index in [-0.39, 0.29) is 17.4 Å². The predicted octanol–water partition coefficient (Wildman–Crippen LogP) is 4.33. The zero-order valence-corrected chi connectivity index (χ0v) is 19.7. The Labute approximate surface area is 176 Å². The maximum absolute atomic E-state index is 13.4. The third-order valence-corrected chi connectivity index (χ3v) is 5.29. The van der Waals surface area contributed by atoms with Crippen molar-refractivity contribution in [1.29, 1.82) is 0 Å². The third kappa shape index (κ3) is 6.65. The Morgan fingerprint density at radius 2 is 1.62 bits per heavy atom. The lowest BCUT2D eigenvalue weighted by Crippen LogP contribution is -2.59. The van der Waals surface area contributed by atoms with E-state index in [4.69, 9.17) is 10.5 Å². The van der Waals surface area contributed by atoms with E-state index in [0.717, 1.165) is 5.56 Å². The Morgan fingerprint density at radius 1 is 1.07 bits per heavy atom. The highest BCUT2D eigenvalue weighted by atomic mass is 16.6. The monoisotopic (exact) mass is 405 g/mol. The number of amides is 2. The molecule has 0 saturated heterocycles. The summed E-state index contributed by atoms with van der Waals surface area (Å²) < 4.78 is 5.54. The second-order valence-corrected chi connectivity index (χ2v) is 10.4. The van der Waals surface area contributed by atoms with Crippen molar-refractivity contribution in [3.8, 4) is 0 Å². The number of likely N-dealkylation sites (N-methyl/N-ethyl adjacent to an activating group) is 1. The SMILES string of the molecule is CC(NC(=O)C(N(C)C(=O)OC(C)(C)C)C(C)(C)c1cccc(N)c1)C(C)(C)C. The van der Waals surface area contributed by atoms with E-state index in [1.807, 2.05) is 39.0 Å². The van der Waals surface area contributed by atoms with Crippen LogP contribution in [0, 0.1) is 5.41 Å². The van der Waals surface area contributed by atoms with E-state index in [9.17, 15) is 9.59 Å². The number of hydrogen-bond donors (Lipinski definition) is 2. The van der Waals surface area contributed by atoms with Crippen LogP contribution >= 0.6 is 0 Å². The minimum absolute atomic E-state index is 0.0822. The second-order valence-electron chi connectivity index (χ2n) is 10.4. The van der Waals surface area contributed by atoms with Crippen molar-refractivity contribution in [3.05, 3.63) is 29.8 Å². The highest BCUT2D eigenvalue weighted by molar-refractivity contribution is 5.87. The van der Waals surface area contributed by atoms with Crippen molar-refractivity contribution in [2.24, 2.45) is 5.41 Å². The molecule has 0 aliphatic rings. The first-order chi connectivity index (χ1) is 13.0. The number of benzene rings is 1. The van der Waals surface area contributed by atoms with Gasteiger partial charge in [-0.25, -0.2) is 4.79 Å². The molecule has 6 nitrogen and oxygen atoms in total. The molecule has 0 aliphatic carbocycles. The summed E-state index contributed by atoms with van der Waals surface area (Å²) in [5.74, 6) is -0.229. The van der Waals surface area contributed by atoms with Gasteiger partial charge in [0.1, 0.15) is 11.6 Å². The Balaban J connectivity index is 3.37. The maximum atomic E-state index is 13.4. The molecule has 1 rings (SSSR count). The van der Waals surface area contributed by atoms with Crippen LogP contribution in [-0.2, 0) is 14.9 Å². The number of carbonyl (C=O) groups is 2. The molecule has 2 unspecified atom stereocenters. The number of carbonyl (C=O) groups excluding carboxylic acids is 2. The molecule has 1 aromatic rings. The van der Waals surface area contributed by atoms with Crippen LogP contribution in [0.25, 0.3) is 0 Å². The fraction of sp³-hybridized carbons (Fsp3) is 0.652. The van der Waals surface area contributed by atoms with Crippen molar-refractivity contribution < 1.29 is 14.3 Å². The minimum Gasteiger partial charge on any atom is -0.444 e. The van der Waals surface area contributed by atoms with Gasteiger partial charge in [0.2, 0.25) is 5.91 Å². The average molecular weight is 406 g/mol. The van der Waals surface area contributed by atoms with Crippen LogP contribution in [-0.4, -0.2) is 41.6 Å². The van der Waals surface area contributed by atoms with Crippen molar-refractivity contribution in [2.45, 2.75) is 85.4 Å². The second kappa shape index (κ2) is 8.64. The van der Waals surface area contributed by atoms with Crippen molar-refractivity contribution in [2.75, 3.05) is 12.8 Å². The van der Waals surface area contributed by atoms with E-state index in [2.05, 4.69) is 26.1 Å². The van der Waals surface area contributed by atoms with Crippen LogP contribution in [0.4, 0.5) is 10.5 Å². The molecule has 2 amide bonds. The van der Waals surface area contributed by atoms with Gasteiger partial charge in [-0.2, -0.15) is 0 Å². The molecule has 164 valence electrons. The van der Waals surface area contributed by atoms with Crippen molar-refractivity contribution >= 4 is 17.7 Å². The molecular formula is C23H39N3O3. The fourth-order valence-electron chi connectivity index (χ4n) is 3.03. The van der Waals surface area contributed by atoms with Crippen LogP contribution in [0.2, 0.25) is 0 Å². The maximum Gasteiger partial charge on any atom is 0.410 e. The van der Waals surface area contributed by atoms with Crippen LogP contribution in [0.3, 0.4) is 0 Å². The number of nitrogens with one attached hydrogen (secondary N) is 1. The summed E-state index contributed by atoms with van der Waals surface area (Å²) in [6, 6.07) is 6.55. The molecular weight excluding hydrogens is 366 g/mol. The largest absolute Gasteiger partial charge is 0.444 e. The lowest BCUT2D eigenvalue weighted by molar-refractivity contribution is -0.129. The van der Waals surface area contributed by atoms with Gasteiger partial charge < -0.3 is 15.8 Å². The lowest BCUT2D eigenvalue weighted by atomic mass is 9.76. The third-order valence-electron chi connectivity index (χ3n) is 5.29. The molecule has 3 N–H and O–H groups in total. The van der Waals surface area contributed by atoms with Gasteiger partial charge in [-0.05, 0) is 50.8 Å². The van der Waals surface area contributed by atoms with E-state index in [1.165, 1.54) is 4.90 Å². The van der Waals surface area contributed by atoms with E-state index in [1.54, 1.807) is 33.9 Å². The summed E-state index contributed by atoms with van der Waals surface area (Å²) in [5.41, 5.74) is 5.98.